The number of hydrogen-bond acceptors (Lipinski definition) is 5. The van der Waals surface area contributed by atoms with E-state index >= 15 is 0 Å². The molecule has 7 heteroatoms. The number of benzene rings is 2. The van der Waals surface area contributed by atoms with E-state index in [0.717, 1.165) is 0 Å². The van der Waals surface area contributed by atoms with Gasteiger partial charge in [0.1, 0.15) is 11.2 Å². The Hall–Kier alpha value is -2.28. The second kappa shape index (κ2) is 9.25. The van der Waals surface area contributed by atoms with Gasteiger partial charge in [-0.25, -0.2) is 0 Å². The zero-order valence-corrected chi connectivity index (χ0v) is 19.3. The molecule has 2 aromatic carbocycles. The maximum absolute atomic E-state index is 12.8. The first-order chi connectivity index (χ1) is 13.8. The van der Waals surface area contributed by atoms with Crippen molar-refractivity contribution < 1.29 is 24.1 Å². The average molecular weight is 436 g/mol. The van der Waals surface area contributed by atoms with E-state index in [1.807, 2.05) is 41.5 Å². The van der Waals surface area contributed by atoms with Gasteiger partial charge in [-0.3, -0.25) is 4.79 Å². The van der Waals surface area contributed by atoms with E-state index in [0.29, 0.717) is 28.3 Å². The van der Waals surface area contributed by atoms with Gasteiger partial charge in [0.05, 0.1) is 5.02 Å². The van der Waals surface area contributed by atoms with Gasteiger partial charge in [0, 0.05) is 23.9 Å². The van der Waals surface area contributed by atoms with Gasteiger partial charge < -0.3 is 24.6 Å². The number of ether oxygens (including phenoxy) is 3. The molecule has 2 N–H and O–H groups in total. The lowest BCUT2D eigenvalue weighted by Gasteiger charge is -2.28. The monoisotopic (exact) mass is 435 g/mol. The largest absolute Gasteiger partial charge is 0.484 e. The zero-order valence-electron chi connectivity index (χ0n) is 18.5. The SMILES string of the molecule is COC(O)c1ccc(NC(=O)c2cc(Cl)c(OC(C)(C)C)c(OC(C)(C)C)c2)cc1. The molecular formula is C23H30ClNO5. The van der Waals surface area contributed by atoms with Crippen molar-refractivity contribution in [2.45, 2.75) is 59.0 Å². The van der Waals surface area contributed by atoms with Crippen LogP contribution in [-0.4, -0.2) is 29.3 Å². The molecule has 0 fully saturated rings. The summed E-state index contributed by atoms with van der Waals surface area (Å²) in [5.41, 5.74) is 0.491. The Kier molecular flexibility index (Phi) is 7.40. The lowest BCUT2D eigenvalue weighted by Crippen LogP contribution is -2.27. The number of amides is 1. The highest BCUT2D eigenvalue weighted by Gasteiger charge is 2.24. The van der Waals surface area contributed by atoms with E-state index in [2.05, 4.69) is 5.32 Å². The summed E-state index contributed by atoms with van der Waals surface area (Å²) in [6, 6.07) is 9.88. The number of methoxy groups -OCH3 is 1. The van der Waals surface area contributed by atoms with Gasteiger partial charge in [-0.2, -0.15) is 0 Å². The van der Waals surface area contributed by atoms with Crippen LogP contribution >= 0.6 is 11.6 Å². The van der Waals surface area contributed by atoms with E-state index in [1.165, 1.54) is 7.11 Å². The maximum Gasteiger partial charge on any atom is 0.255 e. The lowest BCUT2D eigenvalue weighted by atomic mass is 10.1. The van der Waals surface area contributed by atoms with Crippen LogP contribution in [0.15, 0.2) is 36.4 Å². The first kappa shape index (κ1) is 24.0. The molecule has 0 aliphatic rings. The third-order valence-corrected chi connectivity index (χ3v) is 4.05. The third kappa shape index (κ3) is 6.90. The molecule has 1 amide bonds. The fraction of sp³-hybridized carbons (Fsp3) is 0.435. The van der Waals surface area contributed by atoms with Gasteiger partial charge >= 0.3 is 0 Å². The molecule has 0 bridgehead atoms. The van der Waals surface area contributed by atoms with Gasteiger partial charge in [-0.15, -0.1) is 0 Å². The zero-order chi connectivity index (χ0) is 22.7. The number of carbonyl (C=O) groups excluding carboxylic acids is 1. The summed E-state index contributed by atoms with van der Waals surface area (Å²) in [4.78, 5) is 12.8. The summed E-state index contributed by atoms with van der Waals surface area (Å²) in [6.45, 7) is 11.5. The van der Waals surface area contributed by atoms with Crippen molar-refractivity contribution in [3.63, 3.8) is 0 Å². The molecule has 0 aromatic heterocycles. The van der Waals surface area contributed by atoms with E-state index < -0.39 is 17.5 Å². The Morgan fingerprint density at radius 1 is 1.00 bits per heavy atom. The van der Waals surface area contributed by atoms with Crippen LogP contribution in [0.3, 0.4) is 0 Å². The topological polar surface area (TPSA) is 77.0 Å². The average Bonchev–Trinajstić information content (AvgIpc) is 2.62. The van der Waals surface area contributed by atoms with Crippen LogP contribution in [0, 0.1) is 0 Å². The third-order valence-electron chi connectivity index (χ3n) is 3.77. The molecule has 164 valence electrons. The number of nitrogens with one attached hydrogen (secondary N) is 1. The Morgan fingerprint density at radius 3 is 2.07 bits per heavy atom. The first-order valence-corrected chi connectivity index (χ1v) is 10.0. The van der Waals surface area contributed by atoms with Crippen molar-refractivity contribution >= 4 is 23.2 Å². The number of halogens is 1. The molecule has 0 radical (unpaired) electrons. The number of hydrogen-bond donors (Lipinski definition) is 2. The number of anilines is 1. The summed E-state index contributed by atoms with van der Waals surface area (Å²) in [5, 5.41) is 12.8. The van der Waals surface area contributed by atoms with Gasteiger partial charge in [0.2, 0.25) is 0 Å². The molecule has 30 heavy (non-hydrogen) atoms. The van der Waals surface area contributed by atoms with Crippen molar-refractivity contribution in [1.82, 2.24) is 0 Å². The summed E-state index contributed by atoms with van der Waals surface area (Å²) in [7, 11) is 1.41. The summed E-state index contributed by atoms with van der Waals surface area (Å²) >= 11 is 6.46. The van der Waals surface area contributed by atoms with Crippen molar-refractivity contribution in [3.8, 4) is 11.5 Å². The van der Waals surface area contributed by atoms with Crippen LogP contribution in [0.2, 0.25) is 5.02 Å². The minimum Gasteiger partial charge on any atom is -0.484 e. The van der Waals surface area contributed by atoms with E-state index in [1.54, 1.807) is 36.4 Å². The van der Waals surface area contributed by atoms with Gasteiger partial charge in [0.25, 0.3) is 5.91 Å². The van der Waals surface area contributed by atoms with Crippen LogP contribution in [0.1, 0.15) is 63.8 Å². The quantitative estimate of drug-likeness (QED) is 0.579. The van der Waals surface area contributed by atoms with Crippen LogP contribution in [0.4, 0.5) is 5.69 Å². The van der Waals surface area contributed by atoms with Gasteiger partial charge in [-0.1, -0.05) is 23.7 Å². The Bertz CT molecular complexity index is 882. The lowest BCUT2D eigenvalue weighted by molar-refractivity contribution is -0.0769. The summed E-state index contributed by atoms with van der Waals surface area (Å²) in [6.07, 6.45) is -1.01. The molecule has 0 aliphatic carbocycles. The fourth-order valence-corrected chi connectivity index (χ4v) is 2.83. The number of aliphatic hydroxyl groups excluding tert-OH is 1. The number of rotatable bonds is 6. The van der Waals surface area contributed by atoms with Crippen molar-refractivity contribution in [2.24, 2.45) is 0 Å². The Morgan fingerprint density at radius 2 is 1.57 bits per heavy atom. The molecule has 6 nitrogen and oxygen atoms in total. The van der Waals surface area contributed by atoms with Crippen molar-refractivity contribution in [3.05, 3.63) is 52.5 Å². The fourth-order valence-electron chi connectivity index (χ4n) is 2.58. The standard InChI is InChI=1S/C23H30ClNO5/c1-22(2,3)29-18-13-15(12-17(24)19(18)30-23(4,5)6)20(26)25-16-10-8-14(9-11-16)21(27)28-7/h8-13,21,27H,1-7H3,(H,25,26). The van der Waals surface area contributed by atoms with Crippen LogP contribution in [-0.2, 0) is 4.74 Å². The molecular weight excluding hydrogens is 406 g/mol. The highest BCUT2D eigenvalue weighted by atomic mass is 35.5. The van der Waals surface area contributed by atoms with Crippen molar-refractivity contribution in [2.75, 3.05) is 12.4 Å². The molecule has 0 spiro atoms. The van der Waals surface area contributed by atoms with Gasteiger partial charge in [-0.05, 0) is 65.8 Å². The smallest absolute Gasteiger partial charge is 0.255 e. The predicted molar refractivity (Wildman–Crippen MR) is 119 cm³/mol. The predicted octanol–water partition coefficient (Wildman–Crippen LogP) is 5.58. The van der Waals surface area contributed by atoms with E-state index in [4.69, 9.17) is 25.8 Å². The normalized spacial score (nSPS) is 13.0. The number of aliphatic hydroxyl groups is 1. The molecule has 2 aromatic rings. The summed E-state index contributed by atoms with van der Waals surface area (Å²) in [5.74, 6) is 0.445. The molecule has 1 unspecified atom stereocenters. The molecule has 1 atom stereocenters. The minimum absolute atomic E-state index is 0.287. The molecule has 0 saturated heterocycles. The van der Waals surface area contributed by atoms with E-state index in [9.17, 15) is 9.90 Å². The minimum atomic E-state index is -1.01. The van der Waals surface area contributed by atoms with Crippen LogP contribution in [0.5, 0.6) is 11.5 Å². The second-order valence-electron chi connectivity index (χ2n) is 8.88. The first-order valence-electron chi connectivity index (χ1n) is 9.63. The summed E-state index contributed by atoms with van der Waals surface area (Å²) < 4.78 is 16.9. The van der Waals surface area contributed by atoms with Crippen LogP contribution in [0.25, 0.3) is 0 Å². The molecule has 0 saturated carbocycles. The molecule has 0 heterocycles. The van der Waals surface area contributed by atoms with Crippen LogP contribution < -0.4 is 14.8 Å². The highest BCUT2D eigenvalue weighted by Crippen LogP contribution is 2.40. The highest BCUT2D eigenvalue weighted by molar-refractivity contribution is 6.32. The van der Waals surface area contributed by atoms with Crippen molar-refractivity contribution in [1.29, 1.82) is 0 Å². The van der Waals surface area contributed by atoms with E-state index in [-0.39, 0.29) is 10.9 Å². The second-order valence-corrected chi connectivity index (χ2v) is 9.29. The number of carbonyl (C=O) groups is 1. The molecule has 2 rings (SSSR count). The van der Waals surface area contributed by atoms with Gasteiger partial charge in [0.15, 0.2) is 17.8 Å². The Balaban J connectivity index is 2.32. The Labute approximate surface area is 183 Å². The molecule has 0 aliphatic heterocycles. The maximum atomic E-state index is 12.8.